The van der Waals surface area contributed by atoms with Crippen molar-refractivity contribution in [3.8, 4) is 5.88 Å². The van der Waals surface area contributed by atoms with E-state index in [1.165, 1.54) is 0 Å². The van der Waals surface area contributed by atoms with E-state index in [1.54, 1.807) is 22.6 Å². The van der Waals surface area contributed by atoms with Crippen molar-refractivity contribution in [2.24, 2.45) is 0 Å². The summed E-state index contributed by atoms with van der Waals surface area (Å²) < 4.78 is 44.8. The minimum atomic E-state index is -4.86. The number of carbonyl (C=O) groups excluding carboxylic acids is 1. The van der Waals surface area contributed by atoms with Crippen molar-refractivity contribution in [3.63, 3.8) is 0 Å². The first-order chi connectivity index (χ1) is 8.28. The second-order valence-electron chi connectivity index (χ2n) is 2.94. The number of methoxy groups -OCH3 is 1. The number of rotatable bonds is 3. The maximum atomic E-state index is 12.1. The minimum absolute atomic E-state index is 0.208. The molecule has 0 aliphatic rings. The van der Waals surface area contributed by atoms with Gasteiger partial charge in [0.25, 0.3) is 0 Å². The normalized spacial score (nSPS) is 11.2. The first-order valence-corrected chi connectivity index (χ1v) is 6.58. The predicted molar refractivity (Wildman–Crippen MR) is 67.6 cm³/mol. The topological polar surface area (TPSA) is 48.4 Å². The lowest BCUT2D eigenvalue weighted by atomic mass is 10.2. The molecule has 0 radical (unpaired) electrons. The summed E-state index contributed by atoms with van der Waals surface area (Å²) in [6.45, 7) is 0. The van der Waals surface area contributed by atoms with Crippen LogP contribution in [0.25, 0.3) is 0 Å². The monoisotopic (exact) mass is 439 g/mol. The van der Waals surface area contributed by atoms with Crippen LogP contribution in [0.4, 0.5) is 13.2 Å². The quantitative estimate of drug-likeness (QED) is 0.412. The molecule has 0 spiro atoms. The van der Waals surface area contributed by atoms with Crippen LogP contribution >= 0.6 is 38.5 Å². The third-order valence-corrected chi connectivity index (χ3v) is 3.30. The van der Waals surface area contributed by atoms with E-state index in [0.29, 0.717) is 9.13 Å². The summed E-state index contributed by atoms with van der Waals surface area (Å²) in [4.78, 5) is 14.9. The van der Waals surface area contributed by atoms with Gasteiger partial charge in [-0.2, -0.15) is 0 Å². The number of halogens is 5. The van der Waals surface area contributed by atoms with E-state index in [9.17, 15) is 18.0 Å². The van der Waals surface area contributed by atoms with Gasteiger partial charge in [0.2, 0.25) is 5.88 Å². The molecule has 0 atom stereocenters. The zero-order chi connectivity index (χ0) is 13.9. The van der Waals surface area contributed by atoms with Crippen molar-refractivity contribution in [3.05, 3.63) is 20.9 Å². The molecule has 0 aliphatic carbocycles. The fourth-order valence-corrected chi connectivity index (χ4v) is 2.89. The highest BCUT2D eigenvalue weighted by atomic mass is 127. The Morgan fingerprint density at radius 2 is 2.17 bits per heavy atom. The van der Waals surface area contributed by atoms with Crippen molar-refractivity contribution in [2.75, 3.05) is 7.11 Å². The fourth-order valence-electron chi connectivity index (χ4n) is 1.08. The number of esters is 1. The molecule has 18 heavy (non-hydrogen) atoms. The third kappa shape index (κ3) is 3.97. The summed E-state index contributed by atoms with van der Waals surface area (Å²) in [7, 11) is 1.12. The minimum Gasteiger partial charge on any atom is -0.464 e. The van der Waals surface area contributed by atoms with Crippen molar-refractivity contribution in [2.45, 2.75) is 11.7 Å². The Balaban J connectivity index is 3.26. The second kappa shape index (κ2) is 6.04. The Labute approximate surface area is 122 Å². The molecule has 9 heteroatoms. The molecule has 0 saturated heterocycles. The van der Waals surface area contributed by atoms with Crippen LogP contribution in [0.5, 0.6) is 5.88 Å². The Morgan fingerprint density at radius 3 is 2.61 bits per heavy atom. The van der Waals surface area contributed by atoms with E-state index in [0.717, 1.165) is 13.2 Å². The standard InChI is InChI=1S/C9H6BrF3INO3/c1-17-8(16)7-4(3-10)5(14)2-6(15-7)18-9(11,12)13/h2H,3H2,1H3. The van der Waals surface area contributed by atoms with Gasteiger partial charge in [0.05, 0.1) is 7.11 Å². The molecule has 0 bridgehead atoms. The lowest BCUT2D eigenvalue weighted by Gasteiger charge is -2.12. The zero-order valence-corrected chi connectivity index (χ0v) is 12.6. The Morgan fingerprint density at radius 1 is 1.56 bits per heavy atom. The number of hydrogen-bond acceptors (Lipinski definition) is 4. The third-order valence-electron chi connectivity index (χ3n) is 1.78. The fraction of sp³-hybridized carbons (Fsp3) is 0.333. The second-order valence-corrected chi connectivity index (χ2v) is 4.67. The SMILES string of the molecule is COC(=O)c1nc(OC(F)(F)F)cc(I)c1CBr. The molecule has 0 amide bonds. The van der Waals surface area contributed by atoms with Crippen molar-refractivity contribution in [1.29, 1.82) is 0 Å². The summed E-state index contributed by atoms with van der Waals surface area (Å²) in [5.74, 6) is -1.52. The van der Waals surface area contributed by atoms with Gasteiger partial charge in [-0.1, -0.05) is 15.9 Å². The highest BCUT2D eigenvalue weighted by Gasteiger charge is 2.32. The number of nitrogens with zero attached hydrogens (tertiary/aromatic N) is 1. The van der Waals surface area contributed by atoms with Gasteiger partial charge in [-0.05, 0) is 22.6 Å². The molecule has 1 aromatic rings. The molecular formula is C9H6BrF3INO3. The molecule has 1 heterocycles. The first-order valence-electron chi connectivity index (χ1n) is 4.38. The first kappa shape index (κ1) is 15.5. The maximum absolute atomic E-state index is 12.1. The van der Waals surface area contributed by atoms with E-state index in [4.69, 9.17) is 0 Å². The molecule has 0 N–H and O–H groups in total. The number of ether oxygens (including phenoxy) is 2. The van der Waals surface area contributed by atoms with Crippen LogP contribution in [-0.2, 0) is 10.1 Å². The average molecular weight is 440 g/mol. The molecule has 4 nitrogen and oxygen atoms in total. The molecule has 1 aromatic heterocycles. The van der Waals surface area contributed by atoms with Gasteiger partial charge in [-0.3, -0.25) is 0 Å². The predicted octanol–water partition coefficient (Wildman–Crippen LogP) is 3.27. The molecule has 0 fully saturated rings. The highest BCUT2D eigenvalue weighted by molar-refractivity contribution is 14.1. The molecule has 0 aliphatic heterocycles. The highest BCUT2D eigenvalue weighted by Crippen LogP contribution is 2.27. The smallest absolute Gasteiger partial charge is 0.464 e. The van der Waals surface area contributed by atoms with Crippen LogP contribution in [0.15, 0.2) is 6.07 Å². The van der Waals surface area contributed by atoms with Crippen LogP contribution < -0.4 is 4.74 Å². The van der Waals surface area contributed by atoms with Crippen LogP contribution in [0, 0.1) is 3.57 Å². The number of carbonyl (C=O) groups is 1. The number of alkyl halides is 4. The van der Waals surface area contributed by atoms with Gasteiger partial charge in [0, 0.05) is 20.5 Å². The van der Waals surface area contributed by atoms with Gasteiger partial charge in [0.15, 0.2) is 5.69 Å². The van der Waals surface area contributed by atoms with Gasteiger partial charge in [-0.15, -0.1) is 13.2 Å². The van der Waals surface area contributed by atoms with E-state index >= 15 is 0 Å². The summed E-state index contributed by atoms with van der Waals surface area (Å²) in [6.07, 6.45) is -4.86. The lowest BCUT2D eigenvalue weighted by molar-refractivity contribution is -0.276. The van der Waals surface area contributed by atoms with Crippen molar-refractivity contribution in [1.82, 2.24) is 4.98 Å². The van der Waals surface area contributed by atoms with Gasteiger partial charge in [0.1, 0.15) is 0 Å². The molecule has 0 aromatic carbocycles. The van der Waals surface area contributed by atoms with Gasteiger partial charge < -0.3 is 9.47 Å². The van der Waals surface area contributed by atoms with E-state index in [1.807, 2.05) is 0 Å². The van der Waals surface area contributed by atoms with Crippen LogP contribution in [0.2, 0.25) is 0 Å². The summed E-state index contributed by atoms with van der Waals surface area (Å²) in [5, 5.41) is 0.259. The summed E-state index contributed by atoms with van der Waals surface area (Å²) >= 11 is 4.91. The van der Waals surface area contributed by atoms with E-state index in [2.05, 4.69) is 30.4 Å². The molecule has 0 saturated carbocycles. The molecule has 0 unspecified atom stereocenters. The summed E-state index contributed by atoms with van der Waals surface area (Å²) in [6, 6.07) is 1.09. The maximum Gasteiger partial charge on any atom is 0.574 e. The molecular weight excluding hydrogens is 434 g/mol. The Hall–Kier alpha value is -0.580. The van der Waals surface area contributed by atoms with Crippen LogP contribution in [0.1, 0.15) is 16.1 Å². The zero-order valence-electron chi connectivity index (χ0n) is 8.85. The van der Waals surface area contributed by atoms with Gasteiger partial charge in [-0.25, -0.2) is 9.78 Å². The number of aromatic nitrogens is 1. The Bertz CT molecular complexity index is 467. The van der Waals surface area contributed by atoms with Gasteiger partial charge >= 0.3 is 12.3 Å². The van der Waals surface area contributed by atoms with Crippen molar-refractivity contribution >= 4 is 44.5 Å². The van der Waals surface area contributed by atoms with Crippen LogP contribution in [0.3, 0.4) is 0 Å². The number of pyridine rings is 1. The van der Waals surface area contributed by atoms with Crippen molar-refractivity contribution < 1.29 is 27.4 Å². The van der Waals surface area contributed by atoms with E-state index < -0.39 is 18.2 Å². The Kier molecular flexibility index (Phi) is 5.20. The summed E-state index contributed by atoms with van der Waals surface area (Å²) in [5.41, 5.74) is 0.234. The average Bonchev–Trinajstić information content (AvgIpc) is 2.25. The largest absolute Gasteiger partial charge is 0.574 e. The number of hydrogen-bond donors (Lipinski definition) is 0. The lowest BCUT2D eigenvalue weighted by Crippen LogP contribution is -2.19. The molecule has 100 valence electrons. The molecule has 1 rings (SSSR count). The van der Waals surface area contributed by atoms with E-state index in [-0.39, 0.29) is 11.0 Å². The van der Waals surface area contributed by atoms with Crippen LogP contribution in [-0.4, -0.2) is 24.4 Å².